The van der Waals surface area contributed by atoms with Crippen molar-refractivity contribution < 1.29 is 0 Å². The Labute approximate surface area is 113 Å². The number of hydrogen-bond donors (Lipinski definition) is 2. The zero-order valence-electron chi connectivity index (χ0n) is 9.26. The average Bonchev–Trinajstić information content (AvgIpc) is 2.58. The molecule has 0 spiro atoms. The molecular formula is C12H13BrClN3. The van der Waals surface area contributed by atoms with E-state index in [0.717, 1.165) is 40.6 Å². The number of aromatic nitrogens is 2. The summed E-state index contributed by atoms with van der Waals surface area (Å²) in [4.78, 5) is 7.88. The van der Waals surface area contributed by atoms with Crippen molar-refractivity contribution in [2.24, 2.45) is 5.73 Å². The number of nitrogens with one attached hydrogen (secondary N) is 1. The van der Waals surface area contributed by atoms with E-state index in [2.05, 4.69) is 25.9 Å². The molecule has 0 unspecified atom stereocenters. The van der Waals surface area contributed by atoms with Gasteiger partial charge in [-0.2, -0.15) is 0 Å². The van der Waals surface area contributed by atoms with E-state index in [9.17, 15) is 0 Å². The van der Waals surface area contributed by atoms with E-state index in [1.165, 1.54) is 6.42 Å². The summed E-state index contributed by atoms with van der Waals surface area (Å²) < 4.78 is 0.919. The number of benzene rings is 1. The number of imidazole rings is 1. The van der Waals surface area contributed by atoms with Gasteiger partial charge in [-0.05, 0) is 47.3 Å². The molecule has 2 aromatic rings. The number of nitrogens with two attached hydrogens (primary N) is 1. The first-order valence-electron chi connectivity index (χ1n) is 5.68. The number of nitrogens with zero attached hydrogens (tertiary/aromatic N) is 1. The van der Waals surface area contributed by atoms with Crippen LogP contribution in [-0.2, 0) is 6.42 Å². The maximum atomic E-state index is 6.23. The zero-order valence-corrected chi connectivity index (χ0v) is 11.6. The summed E-state index contributed by atoms with van der Waals surface area (Å²) in [7, 11) is 0. The molecule has 3 nitrogen and oxygen atoms in total. The Balaban J connectivity index is 1.99. The van der Waals surface area contributed by atoms with Crippen molar-refractivity contribution in [2.75, 3.05) is 0 Å². The third-order valence-corrected chi connectivity index (χ3v) is 4.25. The number of H-pyrrole nitrogens is 1. The van der Waals surface area contributed by atoms with Gasteiger partial charge in [0, 0.05) is 21.5 Å². The number of hydrogen-bond acceptors (Lipinski definition) is 2. The van der Waals surface area contributed by atoms with Gasteiger partial charge in [0.05, 0.1) is 5.52 Å². The van der Waals surface area contributed by atoms with Crippen molar-refractivity contribution >= 4 is 38.6 Å². The summed E-state index contributed by atoms with van der Waals surface area (Å²) in [6.45, 7) is 0. The molecule has 0 bridgehead atoms. The molecule has 1 saturated carbocycles. The van der Waals surface area contributed by atoms with Gasteiger partial charge >= 0.3 is 0 Å². The standard InChI is InChI=1S/C12H13BrClN3/c13-8-4-7(14)5-9-11(8)17-10(16-9)6-12(15)2-1-3-12/h4-5H,1-3,6,15H2,(H,16,17). The molecule has 0 radical (unpaired) electrons. The number of rotatable bonds is 2. The highest BCUT2D eigenvalue weighted by molar-refractivity contribution is 9.10. The summed E-state index contributed by atoms with van der Waals surface area (Å²) in [5.74, 6) is 0.949. The van der Waals surface area contributed by atoms with E-state index in [4.69, 9.17) is 17.3 Å². The van der Waals surface area contributed by atoms with Crippen LogP contribution >= 0.6 is 27.5 Å². The Kier molecular flexibility index (Phi) is 2.69. The van der Waals surface area contributed by atoms with Crippen LogP contribution in [0.4, 0.5) is 0 Å². The van der Waals surface area contributed by atoms with Gasteiger partial charge in [-0.25, -0.2) is 4.98 Å². The van der Waals surface area contributed by atoms with Gasteiger partial charge in [0.1, 0.15) is 11.3 Å². The smallest absolute Gasteiger partial charge is 0.109 e. The van der Waals surface area contributed by atoms with E-state index < -0.39 is 0 Å². The first kappa shape index (κ1) is 11.5. The summed E-state index contributed by atoms with van der Waals surface area (Å²) >= 11 is 9.48. The second-order valence-corrected chi connectivity index (χ2v) is 6.15. The lowest BCUT2D eigenvalue weighted by atomic mass is 9.75. The zero-order chi connectivity index (χ0) is 12.0. The third-order valence-electron chi connectivity index (χ3n) is 3.42. The molecule has 5 heteroatoms. The van der Waals surface area contributed by atoms with Gasteiger partial charge in [-0.3, -0.25) is 0 Å². The number of fused-ring (bicyclic) bond motifs is 1. The molecule has 1 aliphatic carbocycles. The fourth-order valence-corrected chi connectivity index (χ4v) is 3.22. The van der Waals surface area contributed by atoms with Crippen LogP contribution in [0.3, 0.4) is 0 Å². The highest BCUT2D eigenvalue weighted by atomic mass is 79.9. The molecule has 0 saturated heterocycles. The van der Waals surface area contributed by atoms with Crippen molar-refractivity contribution in [1.29, 1.82) is 0 Å². The molecule has 0 aliphatic heterocycles. The van der Waals surface area contributed by atoms with Gasteiger partial charge in [-0.1, -0.05) is 11.6 Å². The molecule has 1 heterocycles. The minimum absolute atomic E-state index is 0.0514. The fraction of sp³-hybridized carbons (Fsp3) is 0.417. The minimum Gasteiger partial charge on any atom is -0.342 e. The van der Waals surface area contributed by atoms with Crippen LogP contribution in [0, 0.1) is 0 Å². The maximum Gasteiger partial charge on any atom is 0.109 e. The predicted octanol–water partition coefficient (Wildman–Crippen LogP) is 3.40. The minimum atomic E-state index is -0.0514. The number of aromatic amines is 1. The van der Waals surface area contributed by atoms with Crippen LogP contribution in [0.2, 0.25) is 5.02 Å². The van der Waals surface area contributed by atoms with Crippen molar-refractivity contribution in [3.63, 3.8) is 0 Å². The molecular weight excluding hydrogens is 302 g/mol. The van der Waals surface area contributed by atoms with Crippen molar-refractivity contribution in [3.05, 3.63) is 27.5 Å². The van der Waals surface area contributed by atoms with Gasteiger partial charge in [-0.15, -0.1) is 0 Å². The van der Waals surface area contributed by atoms with E-state index in [-0.39, 0.29) is 5.54 Å². The maximum absolute atomic E-state index is 6.23. The quantitative estimate of drug-likeness (QED) is 0.892. The Morgan fingerprint density at radius 1 is 1.47 bits per heavy atom. The average molecular weight is 315 g/mol. The Morgan fingerprint density at radius 3 is 2.88 bits per heavy atom. The van der Waals surface area contributed by atoms with Gasteiger partial charge in [0.2, 0.25) is 0 Å². The van der Waals surface area contributed by atoms with Crippen molar-refractivity contribution in [2.45, 2.75) is 31.2 Å². The van der Waals surface area contributed by atoms with E-state index in [1.54, 1.807) is 0 Å². The van der Waals surface area contributed by atoms with Crippen LogP contribution in [0.1, 0.15) is 25.1 Å². The van der Waals surface area contributed by atoms with Crippen molar-refractivity contribution in [1.82, 2.24) is 9.97 Å². The van der Waals surface area contributed by atoms with Gasteiger partial charge < -0.3 is 10.7 Å². The van der Waals surface area contributed by atoms with Gasteiger partial charge in [0.25, 0.3) is 0 Å². The molecule has 0 atom stereocenters. The summed E-state index contributed by atoms with van der Waals surface area (Å²) in [6, 6.07) is 3.75. The summed E-state index contributed by atoms with van der Waals surface area (Å²) in [5.41, 5.74) is 8.06. The van der Waals surface area contributed by atoms with E-state index in [1.807, 2.05) is 12.1 Å². The normalized spacial score (nSPS) is 18.3. The van der Waals surface area contributed by atoms with Gasteiger partial charge in [0.15, 0.2) is 0 Å². The first-order chi connectivity index (χ1) is 8.06. The van der Waals surface area contributed by atoms with Crippen LogP contribution in [-0.4, -0.2) is 15.5 Å². The molecule has 0 amide bonds. The Hall–Kier alpha value is -0.580. The molecule has 90 valence electrons. The van der Waals surface area contributed by atoms with Crippen LogP contribution in [0.25, 0.3) is 11.0 Å². The fourth-order valence-electron chi connectivity index (χ4n) is 2.32. The molecule has 3 N–H and O–H groups in total. The molecule has 1 aromatic heterocycles. The van der Waals surface area contributed by atoms with Crippen LogP contribution < -0.4 is 5.73 Å². The second kappa shape index (κ2) is 3.97. The predicted molar refractivity (Wildman–Crippen MR) is 73.3 cm³/mol. The third kappa shape index (κ3) is 2.09. The van der Waals surface area contributed by atoms with E-state index in [0.29, 0.717) is 5.02 Å². The molecule has 1 fully saturated rings. The highest BCUT2D eigenvalue weighted by Crippen LogP contribution is 2.33. The topological polar surface area (TPSA) is 54.7 Å². The molecule has 3 rings (SSSR count). The van der Waals surface area contributed by atoms with Crippen molar-refractivity contribution in [3.8, 4) is 0 Å². The monoisotopic (exact) mass is 313 g/mol. The largest absolute Gasteiger partial charge is 0.342 e. The molecule has 1 aliphatic rings. The van der Waals surface area contributed by atoms with Crippen LogP contribution in [0.5, 0.6) is 0 Å². The Bertz CT molecular complexity index is 574. The SMILES string of the molecule is NC1(Cc2nc3c(Br)cc(Cl)cc3[nH]2)CCC1. The Morgan fingerprint density at radius 2 is 2.24 bits per heavy atom. The number of halogens is 2. The van der Waals surface area contributed by atoms with Crippen LogP contribution in [0.15, 0.2) is 16.6 Å². The first-order valence-corrected chi connectivity index (χ1v) is 6.85. The summed E-state index contributed by atoms with van der Waals surface area (Å²) in [5, 5.41) is 0.700. The molecule has 17 heavy (non-hydrogen) atoms. The molecule has 1 aromatic carbocycles. The summed E-state index contributed by atoms with van der Waals surface area (Å²) in [6.07, 6.45) is 4.22. The lowest BCUT2D eigenvalue weighted by Gasteiger charge is -2.37. The lowest BCUT2D eigenvalue weighted by Crippen LogP contribution is -2.48. The van der Waals surface area contributed by atoms with E-state index >= 15 is 0 Å². The lowest BCUT2D eigenvalue weighted by molar-refractivity contribution is 0.244. The second-order valence-electron chi connectivity index (χ2n) is 4.86. The highest BCUT2D eigenvalue weighted by Gasteiger charge is 2.33.